The molecular formula is C19H30N2O3. The number of nitrogens with one attached hydrogen (secondary N) is 1. The molecule has 1 aromatic carbocycles. The van der Waals surface area contributed by atoms with Gasteiger partial charge in [0.2, 0.25) is 0 Å². The molecule has 5 heteroatoms. The van der Waals surface area contributed by atoms with Gasteiger partial charge in [0.25, 0.3) is 0 Å². The molecule has 1 amide bonds. The normalized spacial score (nSPS) is 22.8. The van der Waals surface area contributed by atoms with Gasteiger partial charge < -0.3 is 19.7 Å². The molecule has 3 atom stereocenters. The zero-order chi connectivity index (χ0) is 17.9. The number of nitrogens with zero attached hydrogens (tertiary/aromatic N) is 1. The lowest BCUT2D eigenvalue weighted by atomic mass is 10.1. The molecule has 2 rings (SSSR count). The molecule has 1 saturated heterocycles. The molecule has 1 aliphatic heterocycles. The van der Waals surface area contributed by atoms with Crippen LogP contribution in [0.2, 0.25) is 0 Å². The number of morpholine rings is 1. The second kappa shape index (κ2) is 7.43. The standard InChI is InChI=1S/C19H30N2O3/c1-13-11-21(12-14(2)23-13)17-9-7-8-16(10-17)15(3)20-18(22)24-19(4,5)6/h7-10,13-15H,11-12H2,1-6H3,(H,20,22)/t13-,14+,15?. The van der Waals surface area contributed by atoms with Crippen molar-refractivity contribution in [3.05, 3.63) is 29.8 Å². The number of amides is 1. The number of carbonyl (C=O) groups is 1. The molecule has 5 nitrogen and oxygen atoms in total. The lowest BCUT2D eigenvalue weighted by molar-refractivity contribution is -0.00522. The summed E-state index contributed by atoms with van der Waals surface area (Å²) in [6, 6.07) is 8.18. The average molecular weight is 334 g/mol. The van der Waals surface area contributed by atoms with E-state index in [-0.39, 0.29) is 18.2 Å². The number of ether oxygens (including phenoxy) is 2. The highest BCUT2D eigenvalue weighted by molar-refractivity contribution is 5.68. The fourth-order valence-electron chi connectivity index (χ4n) is 2.95. The van der Waals surface area contributed by atoms with Crippen molar-refractivity contribution in [2.45, 2.75) is 65.4 Å². The fourth-order valence-corrected chi connectivity index (χ4v) is 2.95. The van der Waals surface area contributed by atoms with Crippen molar-refractivity contribution in [1.82, 2.24) is 5.32 Å². The molecule has 0 spiro atoms. The topological polar surface area (TPSA) is 50.8 Å². The van der Waals surface area contributed by atoms with Crippen LogP contribution in [0.4, 0.5) is 10.5 Å². The molecule has 0 aromatic heterocycles. The monoisotopic (exact) mass is 334 g/mol. The van der Waals surface area contributed by atoms with E-state index in [4.69, 9.17) is 9.47 Å². The van der Waals surface area contributed by atoms with Gasteiger partial charge in [-0.1, -0.05) is 12.1 Å². The number of anilines is 1. The Morgan fingerprint density at radius 1 is 1.29 bits per heavy atom. The fraction of sp³-hybridized carbons (Fsp3) is 0.632. The summed E-state index contributed by atoms with van der Waals surface area (Å²) in [7, 11) is 0. The first-order valence-electron chi connectivity index (χ1n) is 8.64. The molecule has 0 aliphatic carbocycles. The molecule has 1 heterocycles. The molecule has 0 saturated carbocycles. The van der Waals surface area contributed by atoms with E-state index in [9.17, 15) is 4.79 Å². The average Bonchev–Trinajstić information content (AvgIpc) is 2.44. The van der Waals surface area contributed by atoms with E-state index in [1.54, 1.807) is 0 Å². The Labute approximate surface area is 145 Å². The third-order valence-electron chi connectivity index (χ3n) is 3.89. The maximum atomic E-state index is 12.0. The zero-order valence-corrected chi connectivity index (χ0v) is 15.6. The Morgan fingerprint density at radius 3 is 2.50 bits per heavy atom. The molecule has 0 radical (unpaired) electrons. The third-order valence-corrected chi connectivity index (χ3v) is 3.89. The summed E-state index contributed by atoms with van der Waals surface area (Å²) in [6.45, 7) is 13.5. The summed E-state index contributed by atoms with van der Waals surface area (Å²) in [5.41, 5.74) is 1.73. The van der Waals surface area contributed by atoms with Gasteiger partial charge in [0.05, 0.1) is 18.2 Å². The maximum Gasteiger partial charge on any atom is 0.408 e. The van der Waals surface area contributed by atoms with Crippen molar-refractivity contribution in [1.29, 1.82) is 0 Å². The molecular weight excluding hydrogens is 304 g/mol. The van der Waals surface area contributed by atoms with Gasteiger partial charge >= 0.3 is 6.09 Å². The number of alkyl carbamates (subject to hydrolysis) is 1. The summed E-state index contributed by atoms with van der Waals surface area (Å²) in [5.74, 6) is 0. The van der Waals surface area contributed by atoms with Crippen LogP contribution in [-0.4, -0.2) is 37.0 Å². The highest BCUT2D eigenvalue weighted by Gasteiger charge is 2.23. The minimum Gasteiger partial charge on any atom is -0.444 e. The van der Waals surface area contributed by atoms with Crippen molar-refractivity contribution in [2.75, 3.05) is 18.0 Å². The lowest BCUT2D eigenvalue weighted by Crippen LogP contribution is -2.45. The summed E-state index contributed by atoms with van der Waals surface area (Å²) in [4.78, 5) is 14.3. The van der Waals surface area contributed by atoms with Crippen LogP contribution >= 0.6 is 0 Å². The lowest BCUT2D eigenvalue weighted by Gasteiger charge is -2.37. The molecule has 1 N–H and O–H groups in total. The Bertz CT molecular complexity index is 558. The number of benzene rings is 1. The van der Waals surface area contributed by atoms with E-state index in [0.717, 1.165) is 24.3 Å². The molecule has 1 unspecified atom stereocenters. The summed E-state index contributed by atoms with van der Waals surface area (Å²) in [6.07, 6.45) is 0.0402. The van der Waals surface area contributed by atoms with Gasteiger partial charge in [-0.3, -0.25) is 0 Å². The zero-order valence-electron chi connectivity index (χ0n) is 15.6. The third kappa shape index (κ3) is 5.41. The van der Waals surface area contributed by atoms with Crippen LogP contribution in [-0.2, 0) is 9.47 Å². The second-order valence-corrected chi connectivity index (χ2v) is 7.63. The Hall–Kier alpha value is -1.75. The second-order valence-electron chi connectivity index (χ2n) is 7.63. The van der Waals surface area contributed by atoms with Crippen LogP contribution in [0.25, 0.3) is 0 Å². The number of hydrogen-bond acceptors (Lipinski definition) is 4. The van der Waals surface area contributed by atoms with E-state index < -0.39 is 11.7 Å². The summed E-state index contributed by atoms with van der Waals surface area (Å²) < 4.78 is 11.1. The minimum atomic E-state index is -0.494. The molecule has 24 heavy (non-hydrogen) atoms. The van der Waals surface area contributed by atoms with Gasteiger partial charge in [-0.2, -0.15) is 0 Å². The highest BCUT2D eigenvalue weighted by atomic mass is 16.6. The van der Waals surface area contributed by atoms with Crippen molar-refractivity contribution >= 4 is 11.8 Å². The largest absolute Gasteiger partial charge is 0.444 e. The smallest absolute Gasteiger partial charge is 0.408 e. The molecule has 0 bridgehead atoms. The van der Waals surface area contributed by atoms with Crippen LogP contribution in [0.3, 0.4) is 0 Å². The van der Waals surface area contributed by atoms with Gasteiger partial charge in [0, 0.05) is 18.8 Å². The van der Waals surface area contributed by atoms with Crippen LogP contribution < -0.4 is 10.2 Å². The van der Waals surface area contributed by atoms with Crippen LogP contribution in [0.15, 0.2) is 24.3 Å². The van der Waals surface area contributed by atoms with E-state index in [2.05, 4.69) is 36.2 Å². The van der Waals surface area contributed by atoms with Crippen molar-refractivity contribution in [3.8, 4) is 0 Å². The van der Waals surface area contributed by atoms with E-state index >= 15 is 0 Å². The molecule has 1 fully saturated rings. The SMILES string of the molecule is CC(NC(=O)OC(C)(C)C)c1cccc(N2C[C@@H](C)O[C@@H](C)C2)c1. The Morgan fingerprint density at radius 2 is 1.92 bits per heavy atom. The molecule has 1 aliphatic rings. The van der Waals surface area contributed by atoms with Gasteiger partial charge in [0.1, 0.15) is 5.60 Å². The van der Waals surface area contributed by atoms with Crippen LogP contribution in [0.5, 0.6) is 0 Å². The first-order chi connectivity index (χ1) is 11.1. The molecule has 1 aromatic rings. The van der Waals surface area contributed by atoms with Crippen LogP contribution in [0, 0.1) is 0 Å². The van der Waals surface area contributed by atoms with Gasteiger partial charge in [0.15, 0.2) is 0 Å². The quantitative estimate of drug-likeness (QED) is 0.911. The van der Waals surface area contributed by atoms with Crippen LogP contribution in [0.1, 0.15) is 53.1 Å². The van der Waals surface area contributed by atoms with Gasteiger partial charge in [-0.15, -0.1) is 0 Å². The number of hydrogen-bond donors (Lipinski definition) is 1. The van der Waals surface area contributed by atoms with E-state index in [1.807, 2.05) is 39.8 Å². The Balaban J connectivity index is 2.05. The summed E-state index contributed by atoms with van der Waals surface area (Å²) in [5, 5.41) is 2.90. The summed E-state index contributed by atoms with van der Waals surface area (Å²) >= 11 is 0. The van der Waals surface area contributed by atoms with E-state index in [1.165, 1.54) is 0 Å². The van der Waals surface area contributed by atoms with Crippen molar-refractivity contribution < 1.29 is 14.3 Å². The maximum absolute atomic E-state index is 12.0. The first-order valence-corrected chi connectivity index (χ1v) is 8.64. The predicted octanol–water partition coefficient (Wildman–Crippen LogP) is 3.89. The van der Waals surface area contributed by atoms with Gasteiger partial charge in [-0.25, -0.2) is 4.79 Å². The highest BCUT2D eigenvalue weighted by Crippen LogP contribution is 2.24. The number of rotatable bonds is 3. The number of carbonyl (C=O) groups excluding carboxylic acids is 1. The van der Waals surface area contributed by atoms with Crippen molar-refractivity contribution in [2.24, 2.45) is 0 Å². The minimum absolute atomic E-state index is 0.115. The van der Waals surface area contributed by atoms with E-state index in [0.29, 0.717) is 0 Å². The van der Waals surface area contributed by atoms with Gasteiger partial charge in [-0.05, 0) is 59.2 Å². The predicted molar refractivity (Wildman–Crippen MR) is 96.4 cm³/mol. The Kier molecular flexibility index (Phi) is 5.75. The molecule has 134 valence electrons. The van der Waals surface area contributed by atoms with Crippen molar-refractivity contribution in [3.63, 3.8) is 0 Å². The first kappa shape index (κ1) is 18.6.